The Bertz CT molecular complexity index is 2680. The zero-order chi connectivity index (χ0) is 34.3. The van der Waals surface area contributed by atoms with E-state index in [-0.39, 0.29) is 0 Å². The van der Waals surface area contributed by atoms with Crippen LogP contribution in [0.25, 0.3) is 65.8 Å². The summed E-state index contributed by atoms with van der Waals surface area (Å²) in [5.74, 6) is 0. The number of pyridine rings is 1. The first kappa shape index (κ1) is 30.5. The van der Waals surface area contributed by atoms with Gasteiger partial charge in [-0.3, -0.25) is 4.98 Å². The van der Waals surface area contributed by atoms with Gasteiger partial charge in [-0.25, -0.2) is 0 Å². The lowest BCUT2D eigenvalue weighted by Gasteiger charge is -2.26. The molecule has 1 aromatic heterocycles. The van der Waals surface area contributed by atoms with Crippen molar-refractivity contribution in [2.75, 3.05) is 4.90 Å². The lowest BCUT2D eigenvalue weighted by molar-refractivity contribution is 1.28. The normalized spacial score (nSPS) is 11.3. The van der Waals surface area contributed by atoms with Crippen molar-refractivity contribution in [1.29, 1.82) is 0 Å². The van der Waals surface area contributed by atoms with Crippen molar-refractivity contribution in [2.24, 2.45) is 0 Å². The standard InChI is InChI=1S/C49H36N2/c1-33-46-28-22-41(39-16-15-35-10-6-7-11-38(35)30-39)32-48(46)34(2)45-27-21-40(31-47(33)45)36-17-23-43(24-18-36)51(42-12-4-3-5-13-42)44-25-19-37(20-26-44)49-14-8-9-29-50-49/h3-32H,1-2H3. The molecule has 242 valence electrons. The highest BCUT2D eigenvalue weighted by Crippen LogP contribution is 2.39. The SMILES string of the molecule is Cc1c2ccc(-c3ccc4ccccc4c3)cc2c(C)c2ccc(-c3ccc(N(c4ccccc4)c4ccc(-c5ccccn5)cc4)cc3)cc12. The fourth-order valence-corrected chi connectivity index (χ4v) is 7.52. The van der Waals surface area contributed by atoms with Crippen molar-refractivity contribution in [3.8, 4) is 33.5 Å². The van der Waals surface area contributed by atoms with Gasteiger partial charge in [-0.2, -0.15) is 0 Å². The zero-order valence-electron chi connectivity index (χ0n) is 28.7. The number of anilines is 3. The summed E-state index contributed by atoms with van der Waals surface area (Å²) in [7, 11) is 0. The van der Waals surface area contributed by atoms with Crippen LogP contribution in [0.1, 0.15) is 11.1 Å². The van der Waals surface area contributed by atoms with Crippen molar-refractivity contribution in [1.82, 2.24) is 4.98 Å². The Morgan fingerprint density at radius 3 is 1.47 bits per heavy atom. The predicted octanol–water partition coefficient (Wildman–Crippen LogP) is 13.6. The van der Waals surface area contributed by atoms with E-state index in [0.717, 1.165) is 28.3 Å². The molecule has 0 N–H and O–H groups in total. The van der Waals surface area contributed by atoms with Gasteiger partial charge in [-0.1, -0.05) is 109 Å². The molecular formula is C49H36N2. The molecular weight excluding hydrogens is 617 g/mol. The molecule has 0 aliphatic rings. The van der Waals surface area contributed by atoms with Crippen LogP contribution in [0.5, 0.6) is 0 Å². The second-order valence-electron chi connectivity index (χ2n) is 13.3. The number of aromatic nitrogens is 1. The van der Waals surface area contributed by atoms with Gasteiger partial charge < -0.3 is 4.90 Å². The minimum atomic E-state index is 0.972. The summed E-state index contributed by atoms with van der Waals surface area (Å²) in [6.07, 6.45) is 1.84. The Hall–Kier alpha value is -6.51. The largest absolute Gasteiger partial charge is 0.311 e. The van der Waals surface area contributed by atoms with Crippen LogP contribution in [0.15, 0.2) is 182 Å². The molecule has 9 rings (SSSR count). The molecule has 2 heteroatoms. The summed E-state index contributed by atoms with van der Waals surface area (Å²) in [6.45, 7) is 4.54. The molecule has 9 aromatic rings. The number of nitrogens with zero attached hydrogens (tertiary/aromatic N) is 2. The lowest BCUT2D eigenvalue weighted by Crippen LogP contribution is -2.09. The van der Waals surface area contributed by atoms with Crippen LogP contribution in [0, 0.1) is 13.8 Å². The highest BCUT2D eigenvalue weighted by molar-refractivity contribution is 6.07. The predicted molar refractivity (Wildman–Crippen MR) is 217 cm³/mol. The summed E-state index contributed by atoms with van der Waals surface area (Å²) < 4.78 is 0. The Balaban J connectivity index is 1.06. The molecule has 0 saturated heterocycles. The molecule has 0 spiro atoms. The second kappa shape index (κ2) is 12.7. The van der Waals surface area contributed by atoms with Gasteiger partial charge in [0.15, 0.2) is 0 Å². The number of hydrogen-bond acceptors (Lipinski definition) is 2. The molecule has 0 saturated carbocycles. The van der Waals surface area contributed by atoms with Crippen LogP contribution in [0.2, 0.25) is 0 Å². The molecule has 8 aromatic carbocycles. The lowest BCUT2D eigenvalue weighted by atomic mass is 9.89. The highest BCUT2D eigenvalue weighted by atomic mass is 15.1. The van der Waals surface area contributed by atoms with E-state index >= 15 is 0 Å². The first-order valence-corrected chi connectivity index (χ1v) is 17.5. The molecule has 0 unspecified atom stereocenters. The first-order valence-electron chi connectivity index (χ1n) is 17.5. The number of fused-ring (bicyclic) bond motifs is 3. The number of rotatable bonds is 6. The highest BCUT2D eigenvalue weighted by Gasteiger charge is 2.15. The number of para-hydroxylation sites is 1. The first-order chi connectivity index (χ1) is 25.1. The van der Waals surface area contributed by atoms with E-state index in [4.69, 9.17) is 0 Å². The maximum Gasteiger partial charge on any atom is 0.0701 e. The quantitative estimate of drug-likeness (QED) is 0.166. The molecule has 0 aliphatic heterocycles. The van der Waals surface area contributed by atoms with E-state index in [2.05, 4.69) is 181 Å². The van der Waals surface area contributed by atoms with E-state index < -0.39 is 0 Å². The maximum absolute atomic E-state index is 4.53. The van der Waals surface area contributed by atoms with Gasteiger partial charge in [-0.15, -0.1) is 0 Å². The summed E-state index contributed by atoms with van der Waals surface area (Å²) >= 11 is 0. The summed E-state index contributed by atoms with van der Waals surface area (Å²) in [4.78, 5) is 6.84. The Morgan fingerprint density at radius 2 is 0.843 bits per heavy atom. The van der Waals surface area contributed by atoms with Crippen LogP contribution < -0.4 is 4.90 Å². The molecule has 0 aliphatic carbocycles. The molecule has 1 heterocycles. The fourth-order valence-electron chi connectivity index (χ4n) is 7.52. The third kappa shape index (κ3) is 5.61. The van der Waals surface area contributed by atoms with E-state index in [0.29, 0.717) is 0 Å². The molecule has 0 fully saturated rings. The van der Waals surface area contributed by atoms with E-state index in [1.165, 1.54) is 65.7 Å². The number of hydrogen-bond donors (Lipinski definition) is 0. The summed E-state index contributed by atoms with van der Waals surface area (Å²) in [5.41, 5.74) is 12.9. The Morgan fingerprint density at radius 1 is 0.353 bits per heavy atom. The van der Waals surface area contributed by atoms with Gasteiger partial charge >= 0.3 is 0 Å². The van der Waals surface area contributed by atoms with Gasteiger partial charge in [0.25, 0.3) is 0 Å². The van der Waals surface area contributed by atoms with Crippen LogP contribution >= 0.6 is 0 Å². The van der Waals surface area contributed by atoms with Crippen LogP contribution in [0.4, 0.5) is 17.1 Å². The van der Waals surface area contributed by atoms with Crippen LogP contribution in [-0.4, -0.2) is 4.98 Å². The number of benzene rings is 8. The van der Waals surface area contributed by atoms with E-state index in [9.17, 15) is 0 Å². The molecule has 2 nitrogen and oxygen atoms in total. The van der Waals surface area contributed by atoms with E-state index in [1.54, 1.807) is 0 Å². The molecule has 51 heavy (non-hydrogen) atoms. The van der Waals surface area contributed by atoms with E-state index in [1.807, 2.05) is 24.4 Å². The summed E-state index contributed by atoms with van der Waals surface area (Å²) in [5, 5.41) is 7.77. The van der Waals surface area contributed by atoms with Gasteiger partial charge in [0, 0.05) is 28.8 Å². The number of aryl methyl sites for hydroxylation is 2. The fraction of sp³-hybridized carbons (Fsp3) is 0.0408. The van der Waals surface area contributed by atoms with Gasteiger partial charge in [0.05, 0.1) is 5.69 Å². The minimum absolute atomic E-state index is 0.972. The third-order valence-corrected chi connectivity index (χ3v) is 10.3. The van der Waals surface area contributed by atoms with Crippen molar-refractivity contribution in [2.45, 2.75) is 13.8 Å². The van der Waals surface area contributed by atoms with Crippen molar-refractivity contribution < 1.29 is 0 Å². The van der Waals surface area contributed by atoms with Crippen molar-refractivity contribution >= 4 is 49.4 Å². The monoisotopic (exact) mass is 652 g/mol. The molecule has 0 radical (unpaired) electrons. The third-order valence-electron chi connectivity index (χ3n) is 10.3. The zero-order valence-corrected chi connectivity index (χ0v) is 28.7. The summed E-state index contributed by atoms with van der Waals surface area (Å²) in [6, 6.07) is 63.4. The average Bonchev–Trinajstić information content (AvgIpc) is 3.21. The molecule has 0 bridgehead atoms. The smallest absolute Gasteiger partial charge is 0.0701 e. The average molecular weight is 653 g/mol. The topological polar surface area (TPSA) is 16.1 Å². The minimum Gasteiger partial charge on any atom is -0.311 e. The second-order valence-corrected chi connectivity index (χ2v) is 13.3. The Labute approximate surface area is 298 Å². The van der Waals surface area contributed by atoms with Crippen molar-refractivity contribution in [3.63, 3.8) is 0 Å². The van der Waals surface area contributed by atoms with Gasteiger partial charge in [0.1, 0.15) is 0 Å². The molecule has 0 atom stereocenters. The van der Waals surface area contributed by atoms with Gasteiger partial charge in [0.2, 0.25) is 0 Å². The van der Waals surface area contributed by atoms with Crippen molar-refractivity contribution in [3.05, 3.63) is 193 Å². The van der Waals surface area contributed by atoms with Crippen LogP contribution in [0.3, 0.4) is 0 Å². The molecule has 0 amide bonds. The maximum atomic E-state index is 4.53. The Kier molecular flexibility index (Phi) is 7.63. The van der Waals surface area contributed by atoms with Gasteiger partial charge in [-0.05, 0) is 146 Å². The van der Waals surface area contributed by atoms with Crippen LogP contribution in [-0.2, 0) is 0 Å².